The van der Waals surface area contributed by atoms with E-state index in [2.05, 4.69) is 45.0 Å². The fourth-order valence-corrected chi connectivity index (χ4v) is 2.57. The van der Waals surface area contributed by atoms with Gasteiger partial charge in [0.15, 0.2) is 0 Å². The van der Waals surface area contributed by atoms with Gasteiger partial charge in [0, 0.05) is 11.1 Å². The number of nitrogen functional groups attached to an aromatic ring is 1. The SMILES string of the molecule is C/C(=C\C(C)(C)COCc1ccccc1)c1ccccc1N. The van der Waals surface area contributed by atoms with Gasteiger partial charge in [0.25, 0.3) is 0 Å². The number of hydrogen-bond donors (Lipinski definition) is 1. The summed E-state index contributed by atoms with van der Waals surface area (Å²) < 4.78 is 5.88. The van der Waals surface area contributed by atoms with Gasteiger partial charge >= 0.3 is 0 Å². The van der Waals surface area contributed by atoms with Gasteiger partial charge in [-0.15, -0.1) is 0 Å². The Morgan fingerprint density at radius 1 is 1.05 bits per heavy atom. The number of para-hydroxylation sites is 1. The number of rotatable bonds is 6. The lowest BCUT2D eigenvalue weighted by Gasteiger charge is -2.22. The van der Waals surface area contributed by atoms with Crippen LogP contribution in [0.4, 0.5) is 5.69 Å². The van der Waals surface area contributed by atoms with Crippen molar-refractivity contribution in [1.29, 1.82) is 0 Å². The van der Waals surface area contributed by atoms with E-state index >= 15 is 0 Å². The molecule has 2 rings (SSSR count). The molecule has 0 aliphatic rings. The summed E-state index contributed by atoms with van der Waals surface area (Å²) in [6.07, 6.45) is 2.24. The van der Waals surface area contributed by atoms with Crippen molar-refractivity contribution in [2.45, 2.75) is 27.4 Å². The molecule has 2 aromatic carbocycles. The van der Waals surface area contributed by atoms with Gasteiger partial charge in [-0.25, -0.2) is 0 Å². The van der Waals surface area contributed by atoms with Gasteiger partial charge in [0.1, 0.15) is 0 Å². The van der Waals surface area contributed by atoms with Crippen LogP contribution in [-0.4, -0.2) is 6.61 Å². The Bertz CT molecular complexity index is 629. The van der Waals surface area contributed by atoms with Gasteiger partial charge in [-0.05, 0) is 29.7 Å². The van der Waals surface area contributed by atoms with Gasteiger partial charge in [0.2, 0.25) is 0 Å². The van der Waals surface area contributed by atoms with E-state index in [0.29, 0.717) is 13.2 Å². The third kappa shape index (κ3) is 4.74. The smallest absolute Gasteiger partial charge is 0.0717 e. The highest BCUT2D eigenvalue weighted by Crippen LogP contribution is 2.27. The van der Waals surface area contributed by atoms with E-state index in [9.17, 15) is 0 Å². The zero-order chi connectivity index (χ0) is 16.0. The van der Waals surface area contributed by atoms with E-state index in [1.165, 1.54) is 11.1 Å². The number of anilines is 1. The zero-order valence-electron chi connectivity index (χ0n) is 13.7. The number of allylic oxidation sites excluding steroid dienone is 1. The summed E-state index contributed by atoms with van der Waals surface area (Å²) in [6.45, 7) is 7.78. The van der Waals surface area contributed by atoms with Gasteiger partial charge in [-0.3, -0.25) is 0 Å². The van der Waals surface area contributed by atoms with Crippen LogP contribution in [-0.2, 0) is 11.3 Å². The second-order valence-electron chi connectivity index (χ2n) is 6.38. The topological polar surface area (TPSA) is 35.2 Å². The minimum absolute atomic E-state index is 0.0405. The lowest BCUT2D eigenvalue weighted by Crippen LogP contribution is -2.17. The first-order valence-corrected chi connectivity index (χ1v) is 7.64. The average Bonchev–Trinajstić information content (AvgIpc) is 2.48. The van der Waals surface area contributed by atoms with Crippen molar-refractivity contribution >= 4 is 11.3 Å². The molecule has 0 amide bonds. The van der Waals surface area contributed by atoms with Crippen LogP contribution in [0.1, 0.15) is 31.9 Å². The quantitative estimate of drug-likeness (QED) is 0.768. The molecule has 0 bridgehead atoms. The van der Waals surface area contributed by atoms with Crippen molar-refractivity contribution in [1.82, 2.24) is 0 Å². The van der Waals surface area contributed by atoms with E-state index < -0.39 is 0 Å². The largest absolute Gasteiger partial charge is 0.398 e. The van der Waals surface area contributed by atoms with E-state index in [1.54, 1.807) is 0 Å². The van der Waals surface area contributed by atoms with Crippen LogP contribution in [0, 0.1) is 5.41 Å². The summed E-state index contributed by atoms with van der Waals surface area (Å²) in [6, 6.07) is 18.2. The number of hydrogen-bond acceptors (Lipinski definition) is 2. The van der Waals surface area contributed by atoms with Crippen LogP contribution < -0.4 is 5.73 Å². The Kier molecular flexibility index (Phi) is 5.40. The molecule has 2 heteroatoms. The predicted octanol–water partition coefficient (Wildman–Crippen LogP) is 4.92. The third-order valence-electron chi connectivity index (χ3n) is 3.58. The maximum atomic E-state index is 6.04. The first kappa shape index (κ1) is 16.3. The molecule has 22 heavy (non-hydrogen) atoms. The highest BCUT2D eigenvalue weighted by atomic mass is 16.5. The van der Waals surface area contributed by atoms with Gasteiger partial charge in [-0.1, -0.05) is 68.5 Å². The summed E-state index contributed by atoms with van der Waals surface area (Å²) in [5.74, 6) is 0. The second kappa shape index (κ2) is 7.28. The number of benzene rings is 2. The Morgan fingerprint density at radius 3 is 2.36 bits per heavy atom. The molecule has 0 atom stereocenters. The molecular formula is C20H25NO. The molecule has 0 fully saturated rings. The lowest BCUT2D eigenvalue weighted by molar-refractivity contribution is 0.0719. The summed E-state index contributed by atoms with van der Waals surface area (Å²) in [5, 5.41) is 0. The third-order valence-corrected chi connectivity index (χ3v) is 3.58. The predicted molar refractivity (Wildman–Crippen MR) is 94.4 cm³/mol. The second-order valence-corrected chi connectivity index (χ2v) is 6.38. The number of ether oxygens (including phenoxy) is 1. The number of nitrogens with two attached hydrogens (primary N) is 1. The van der Waals surface area contributed by atoms with Crippen LogP contribution in [0.15, 0.2) is 60.7 Å². The van der Waals surface area contributed by atoms with Crippen molar-refractivity contribution in [2.75, 3.05) is 12.3 Å². The Hall–Kier alpha value is -2.06. The van der Waals surface area contributed by atoms with Crippen LogP contribution in [0.5, 0.6) is 0 Å². The van der Waals surface area contributed by atoms with Crippen LogP contribution >= 0.6 is 0 Å². The fourth-order valence-electron chi connectivity index (χ4n) is 2.57. The molecule has 2 N–H and O–H groups in total. The minimum atomic E-state index is -0.0405. The Balaban J connectivity index is 1.98. The molecule has 0 spiro atoms. The molecule has 0 saturated carbocycles. The van der Waals surface area contributed by atoms with E-state index in [-0.39, 0.29) is 5.41 Å². The molecule has 0 heterocycles. The van der Waals surface area contributed by atoms with Crippen LogP contribution in [0.25, 0.3) is 5.57 Å². The Labute approximate surface area is 133 Å². The average molecular weight is 295 g/mol. The van der Waals surface area contributed by atoms with Crippen molar-refractivity contribution < 1.29 is 4.74 Å². The molecule has 0 aromatic heterocycles. The first-order valence-electron chi connectivity index (χ1n) is 7.64. The molecule has 2 aromatic rings. The molecule has 0 radical (unpaired) electrons. The molecule has 2 nitrogen and oxygen atoms in total. The normalized spacial score (nSPS) is 12.4. The highest BCUT2D eigenvalue weighted by Gasteiger charge is 2.16. The monoisotopic (exact) mass is 295 g/mol. The molecule has 0 aliphatic carbocycles. The van der Waals surface area contributed by atoms with Crippen LogP contribution in [0.3, 0.4) is 0 Å². The lowest BCUT2D eigenvalue weighted by atomic mass is 9.90. The Morgan fingerprint density at radius 2 is 1.68 bits per heavy atom. The van der Waals surface area contributed by atoms with Crippen LogP contribution in [0.2, 0.25) is 0 Å². The van der Waals surface area contributed by atoms with Gasteiger partial charge < -0.3 is 10.5 Å². The molecule has 0 unspecified atom stereocenters. The van der Waals surface area contributed by atoms with Crippen molar-refractivity contribution in [3.8, 4) is 0 Å². The first-order chi connectivity index (χ1) is 10.5. The molecular weight excluding hydrogens is 270 g/mol. The zero-order valence-corrected chi connectivity index (χ0v) is 13.7. The van der Waals surface area contributed by atoms with E-state index in [0.717, 1.165) is 11.3 Å². The summed E-state index contributed by atoms with van der Waals surface area (Å²) >= 11 is 0. The van der Waals surface area contributed by atoms with Crippen molar-refractivity contribution in [3.05, 3.63) is 71.8 Å². The summed E-state index contributed by atoms with van der Waals surface area (Å²) in [7, 11) is 0. The highest BCUT2D eigenvalue weighted by molar-refractivity contribution is 5.74. The minimum Gasteiger partial charge on any atom is -0.398 e. The molecule has 0 aliphatic heterocycles. The van der Waals surface area contributed by atoms with Crippen molar-refractivity contribution in [3.63, 3.8) is 0 Å². The van der Waals surface area contributed by atoms with E-state index in [1.807, 2.05) is 36.4 Å². The maximum Gasteiger partial charge on any atom is 0.0717 e. The van der Waals surface area contributed by atoms with Gasteiger partial charge in [0.05, 0.1) is 13.2 Å². The fraction of sp³-hybridized carbons (Fsp3) is 0.300. The van der Waals surface area contributed by atoms with Gasteiger partial charge in [-0.2, -0.15) is 0 Å². The maximum absolute atomic E-state index is 6.04. The summed E-state index contributed by atoms with van der Waals surface area (Å²) in [5.41, 5.74) is 10.3. The summed E-state index contributed by atoms with van der Waals surface area (Å²) in [4.78, 5) is 0. The standard InChI is InChI=1S/C20H25NO/c1-16(18-11-7-8-12-19(18)21)13-20(2,3)15-22-14-17-9-5-4-6-10-17/h4-13H,14-15,21H2,1-3H3/b16-13+. The van der Waals surface area contributed by atoms with Crippen molar-refractivity contribution in [2.24, 2.45) is 5.41 Å². The molecule has 116 valence electrons. The van der Waals surface area contributed by atoms with E-state index in [4.69, 9.17) is 10.5 Å². The molecule has 0 saturated heterocycles.